The van der Waals surface area contributed by atoms with Gasteiger partial charge in [0.2, 0.25) is 12.0 Å². The molecule has 0 unspecified atom stereocenters. The van der Waals surface area contributed by atoms with E-state index in [1.54, 1.807) is 0 Å². The molecule has 0 spiro atoms. The number of aryl methyl sites for hydroxylation is 1. The van der Waals surface area contributed by atoms with Crippen LogP contribution in [0.3, 0.4) is 0 Å². The van der Waals surface area contributed by atoms with Gasteiger partial charge in [0.1, 0.15) is 0 Å². The van der Waals surface area contributed by atoms with Crippen LogP contribution >= 0.6 is 0 Å². The molecule has 6 nitrogen and oxygen atoms in total. The molecular weight excluding hydrogens is 282 g/mol. The van der Waals surface area contributed by atoms with Gasteiger partial charge in [-0.1, -0.05) is 29.4 Å². The summed E-state index contributed by atoms with van der Waals surface area (Å²) >= 11 is 0. The summed E-state index contributed by atoms with van der Waals surface area (Å²) in [7, 11) is 0. The molecule has 0 bridgehead atoms. The van der Waals surface area contributed by atoms with E-state index in [0.29, 0.717) is 19.5 Å². The summed E-state index contributed by atoms with van der Waals surface area (Å²) in [5.41, 5.74) is 2.88. The van der Waals surface area contributed by atoms with E-state index >= 15 is 0 Å². The summed E-state index contributed by atoms with van der Waals surface area (Å²) in [4.78, 5) is 28.5. The Morgan fingerprint density at radius 1 is 1.32 bits per heavy atom. The first-order valence-electron chi connectivity index (χ1n) is 7.45. The second kappa shape index (κ2) is 7.59. The number of benzene rings is 1. The van der Waals surface area contributed by atoms with Gasteiger partial charge >= 0.3 is 0 Å². The molecule has 1 atom stereocenters. The van der Waals surface area contributed by atoms with Gasteiger partial charge in [-0.25, -0.2) is 0 Å². The second-order valence-corrected chi connectivity index (χ2v) is 5.15. The van der Waals surface area contributed by atoms with Crippen LogP contribution in [0.25, 0.3) is 0 Å². The fraction of sp³-hybridized carbons (Fsp3) is 0.438. The summed E-state index contributed by atoms with van der Waals surface area (Å²) in [6.07, 6.45) is 0.0826. The third-order valence-electron chi connectivity index (χ3n) is 3.44. The summed E-state index contributed by atoms with van der Waals surface area (Å²) in [6, 6.07) is 7.86. The number of oxime groups is 1. The Kier molecular flexibility index (Phi) is 5.52. The van der Waals surface area contributed by atoms with Gasteiger partial charge in [-0.15, -0.1) is 0 Å². The Balaban J connectivity index is 1.81. The monoisotopic (exact) mass is 303 g/mol. The van der Waals surface area contributed by atoms with Crippen LogP contribution in [0.5, 0.6) is 0 Å². The third kappa shape index (κ3) is 4.07. The molecule has 1 aromatic carbocycles. The molecule has 0 saturated carbocycles. The van der Waals surface area contributed by atoms with E-state index in [1.165, 1.54) is 0 Å². The Labute approximate surface area is 129 Å². The van der Waals surface area contributed by atoms with Crippen LogP contribution in [0, 0.1) is 6.92 Å². The summed E-state index contributed by atoms with van der Waals surface area (Å²) in [5, 5.41) is 9.40. The molecule has 1 aliphatic rings. The molecule has 118 valence electrons. The van der Waals surface area contributed by atoms with Crippen molar-refractivity contribution in [2.24, 2.45) is 5.16 Å². The van der Waals surface area contributed by atoms with Gasteiger partial charge in [-0.3, -0.25) is 9.59 Å². The Morgan fingerprint density at radius 3 is 2.82 bits per heavy atom. The highest BCUT2D eigenvalue weighted by Crippen LogP contribution is 2.19. The zero-order valence-electron chi connectivity index (χ0n) is 12.9. The van der Waals surface area contributed by atoms with Crippen molar-refractivity contribution < 1.29 is 14.4 Å². The molecule has 22 heavy (non-hydrogen) atoms. The van der Waals surface area contributed by atoms with Crippen molar-refractivity contribution in [3.05, 3.63) is 35.4 Å². The highest BCUT2D eigenvalue weighted by molar-refractivity contribution is 6.05. The zero-order valence-corrected chi connectivity index (χ0v) is 12.9. The van der Waals surface area contributed by atoms with Crippen molar-refractivity contribution >= 4 is 17.5 Å². The van der Waals surface area contributed by atoms with Gasteiger partial charge in [-0.2, -0.15) is 0 Å². The van der Waals surface area contributed by atoms with Crippen LogP contribution in [-0.4, -0.2) is 36.7 Å². The number of nitrogens with one attached hydrogen (secondary N) is 2. The van der Waals surface area contributed by atoms with Crippen molar-refractivity contribution in [1.82, 2.24) is 10.6 Å². The predicted octanol–water partition coefficient (Wildman–Crippen LogP) is 1.13. The second-order valence-electron chi connectivity index (χ2n) is 5.15. The molecule has 0 radical (unpaired) electrons. The number of rotatable bonds is 6. The quantitative estimate of drug-likeness (QED) is 0.827. The number of hydrogen-bond donors (Lipinski definition) is 2. The minimum atomic E-state index is -0.621. The van der Waals surface area contributed by atoms with Gasteiger partial charge in [0.25, 0.3) is 5.91 Å². The van der Waals surface area contributed by atoms with Crippen molar-refractivity contribution in [3.8, 4) is 0 Å². The number of carbonyl (C=O) groups excluding carboxylic acids is 2. The predicted molar refractivity (Wildman–Crippen MR) is 83.5 cm³/mol. The number of carbonyl (C=O) groups is 2. The molecule has 2 N–H and O–H groups in total. The average molecular weight is 303 g/mol. The van der Waals surface area contributed by atoms with Gasteiger partial charge in [0.05, 0.1) is 5.71 Å². The Morgan fingerprint density at radius 2 is 2.09 bits per heavy atom. The average Bonchev–Trinajstić information content (AvgIpc) is 2.97. The molecule has 1 heterocycles. The maximum atomic E-state index is 12.0. The highest BCUT2D eigenvalue weighted by Gasteiger charge is 2.29. The van der Waals surface area contributed by atoms with Gasteiger partial charge in [0, 0.05) is 31.5 Å². The fourth-order valence-electron chi connectivity index (χ4n) is 2.27. The van der Waals surface area contributed by atoms with Crippen molar-refractivity contribution in [2.45, 2.75) is 32.8 Å². The molecule has 6 heteroatoms. The van der Waals surface area contributed by atoms with E-state index in [2.05, 4.69) is 15.8 Å². The van der Waals surface area contributed by atoms with Gasteiger partial charge in [0.15, 0.2) is 0 Å². The molecule has 0 aliphatic carbocycles. The van der Waals surface area contributed by atoms with Gasteiger partial charge in [-0.05, 0) is 19.4 Å². The maximum Gasteiger partial charge on any atom is 0.264 e. The lowest BCUT2D eigenvalue weighted by Crippen LogP contribution is -2.37. The third-order valence-corrected chi connectivity index (χ3v) is 3.44. The largest absolute Gasteiger partial charge is 0.382 e. The maximum absolute atomic E-state index is 12.0. The van der Waals surface area contributed by atoms with Crippen molar-refractivity contribution in [2.75, 3.05) is 13.1 Å². The number of nitrogens with zero attached hydrogens (tertiary/aromatic N) is 1. The lowest BCUT2D eigenvalue weighted by Gasteiger charge is -2.09. The molecule has 1 aliphatic heterocycles. The molecule has 0 aromatic heterocycles. The molecule has 0 saturated heterocycles. The summed E-state index contributed by atoms with van der Waals surface area (Å²) in [6.45, 7) is 4.74. The molecule has 1 aromatic rings. The normalized spacial score (nSPS) is 16.6. The fourth-order valence-corrected chi connectivity index (χ4v) is 2.27. The highest BCUT2D eigenvalue weighted by atomic mass is 16.6. The van der Waals surface area contributed by atoms with E-state index in [9.17, 15) is 9.59 Å². The van der Waals surface area contributed by atoms with E-state index in [0.717, 1.165) is 16.8 Å². The standard InChI is InChI=1S/C16H21N3O3/c1-3-17-15(20)8-9-18-16(21)14-10-13(19-22-14)12-7-5-4-6-11(12)2/h4-7,14H,3,8-10H2,1-2H3,(H,17,20)(H,18,21)/t14-/m0/s1. The topological polar surface area (TPSA) is 79.8 Å². The van der Waals surface area contributed by atoms with Gasteiger partial charge < -0.3 is 15.5 Å². The Bertz CT molecular complexity index is 584. The smallest absolute Gasteiger partial charge is 0.264 e. The zero-order chi connectivity index (χ0) is 15.9. The molecule has 0 fully saturated rings. The molecule has 2 rings (SSSR count). The Hall–Kier alpha value is -2.37. The van der Waals surface area contributed by atoms with E-state index in [4.69, 9.17) is 4.84 Å². The summed E-state index contributed by atoms with van der Waals surface area (Å²) < 4.78 is 0. The van der Waals surface area contributed by atoms with Crippen LogP contribution in [0.2, 0.25) is 0 Å². The van der Waals surface area contributed by atoms with E-state index in [1.807, 2.05) is 38.1 Å². The minimum Gasteiger partial charge on any atom is -0.382 e. The van der Waals surface area contributed by atoms with Crippen molar-refractivity contribution in [3.63, 3.8) is 0 Å². The lowest BCUT2D eigenvalue weighted by molar-refractivity contribution is -0.131. The molecule has 2 amide bonds. The van der Waals surface area contributed by atoms with E-state index < -0.39 is 6.10 Å². The van der Waals surface area contributed by atoms with Crippen LogP contribution in [0.15, 0.2) is 29.4 Å². The number of hydrogen-bond acceptors (Lipinski definition) is 4. The van der Waals surface area contributed by atoms with E-state index in [-0.39, 0.29) is 18.2 Å². The minimum absolute atomic E-state index is 0.0769. The molecular formula is C16H21N3O3. The first kappa shape index (κ1) is 16.0. The van der Waals surface area contributed by atoms with Crippen molar-refractivity contribution in [1.29, 1.82) is 0 Å². The van der Waals surface area contributed by atoms with Crippen LogP contribution in [-0.2, 0) is 14.4 Å². The lowest BCUT2D eigenvalue weighted by atomic mass is 10.0. The van der Waals surface area contributed by atoms with Crippen LogP contribution in [0.4, 0.5) is 0 Å². The van der Waals surface area contributed by atoms with Crippen LogP contribution < -0.4 is 10.6 Å². The first-order chi connectivity index (χ1) is 10.6. The summed E-state index contributed by atoms with van der Waals surface area (Å²) in [5.74, 6) is -0.316. The number of amides is 2. The van der Waals surface area contributed by atoms with Crippen LogP contribution in [0.1, 0.15) is 30.9 Å². The SMILES string of the molecule is CCNC(=O)CCNC(=O)[C@@H]1CC(c2ccccc2C)=NO1. The first-order valence-corrected chi connectivity index (χ1v) is 7.45.